The molecule has 5 rings (SSSR count). The van der Waals surface area contributed by atoms with Crippen molar-refractivity contribution in [3.63, 3.8) is 0 Å². The summed E-state index contributed by atoms with van der Waals surface area (Å²) in [7, 11) is 0. The Hall–Kier alpha value is -4.07. The molecule has 3 aromatic heterocycles. The first kappa shape index (κ1) is 22.7. The number of hydrogen-bond acceptors (Lipinski definition) is 6. The fourth-order valence-corrected chi connectivity index (χ4v) is 4.10. The average molecular weight is 470 g/mol. The van der Waals surface area contributed by atoms with E-state index < -0.39 is 0 Å². The zero-order valence-corrected chi connectivity index (χ0v) is 20.1. The number of nitrogens with zero attached hydrogens (tertiary/aromatic N) is 5. The number of carbonyl (C=O) groups excluding carboxylic acids is 1. The number of ether oxygens (including phenoxy) is 1. The van der Waals surface area contributed by atoms with Gasteiger partial charge in [0.1, 0.15) is 10.9 Å². The Morgan fingerprint density at radius 2 is 1.71 bits per heavy atom. The van der Waals surface area contributed by atoms with Gasteiger partial charge in [-0.15, -0.1) is 0 Å². The molecule has 0 bridgehead atoms. The Bertz CT molecular complexity index is 1600. The normalized spacial score (nSPS) is 11.7. The maximum atomic E-state index is 13.6. The molecule has 178 valence electrons. The molecule has 0 unspecified atom stereocenters. The lowest BCUT2D eigenvalue weighted by molar-refractivity contribution is 0.0505. The molecule has 0 aliphatic rings. The second kappa shape index (κ2) is 9.29. The molecule has 5 aromatic rings. The molecule has 0 amide bonds. The van der Waals surface area contributed by atoms with E-state index in [0.717, 1.165) is 24.0 Å². The monoisotopic (exact) mass is 469 g/mol. The molecule has 8 nitrogen and oxygen atoms in total. The second-order valence-electron chi connectivity index (χ2n) is 9.03. The second-order valence-corrected chi connectivity index (χ2v) is 9.03. The lowest BCUT2D eigenvalue weighted by Gasteiger charge is -2.09. The predicted octanol–water partition coefficient (Wildman–Crippen LogP) is 4.90. The lowest BCUT2D eigenvalue weighted by atomic mass is 10.1. The molecule has 0 N–H and O–H groups in total. The summed E-state index contributed by atoms with van der Waals surface area (Å²) >= 11 is 0. The molecule has 0 atom stereocenters. The first-order valence-electron chi connectivity index (χ1n) is 11.9. The van der Waals surface area contributed by atoms with Crippen LogP contribution in [0.5, 0.6) is 0 Å². The summed E-state index contributed by atoms with van der Waals surface area (Å²) in [6.07, 6.45) is 3.23. The molecule has 3 heterocycles. The molecule has 0 saturated carbocycles. The van der Waals surface area contributed by atoms with Crippen LogP contribution in [0.15, 0.2) is 59.7 Å². The van der Waals surface area contributed by atoms with E-state index in [1.54, 1.807) is 23.0 Å². The molecule has 2 aromatic carbocycles. The molecular weight excluding hydrogens is 442 g/mol. The summed E-state index contributed by atoms with van der Waals surface area (Å²) in [6, 6.07) is 14.6. The molecule has 8 heteroatoms. The minimum atomic E-state index is -0.363. The zero-order valence-electron chi connectivity index (χ0n) is 20.1. The number of esters is 1. The van der Waals surface area contributed by atoms with Crippen LogP contribution in [0.2, 0.25) is 0 Å². The molecular formula is C27H27N5O3. The minimum absolute atomic E-state index is 0.135. The van der Waals surface area contributed by atoms with Crippen LogP contribution in [0.4, 0.5) is 0 Å². The van der Waals surface area contributed by atoms with Gasteiger partial charge in [0.05, 0.1) is 29.5 Å². The van der Waals surface area contributed by atoms with Crippen molar-refractivity contribution < 1.29 is 9.53 Å². The van der Waals surface area contributed by atoms with Gasteiger partial charge in [0.15, 0.2) is 11.3 Å². The lowest BCUT2D eigenvalue weighted by Crippen LogP contribution is -2.21. The first-order chi connectivity index (χ1) is 17.0. The molecule has 0 aliphatic carbocycles. The van der Waals surface area contributed by atoms with E-state index in [4.69, 9.17) is 14.7 Å². The van der Waals surface area contributed by atoms with Crippen LogP contribution in [0.25, 0.3) is 38.9 Å². The summed E-state index contributed by atoms with van der Waals surface area (Å²) in [4.78, 5) is 40.2. The summed E-state index contributed by atoms with van der Waals surface area (Å²) in [5.74, 6) is 0.0998. The molecule has 0 spiro atoms. The van der Waals surface area contributed by atoms with Crippen LogP contribution in [0.3, 0.4) is 0 Å². The van der Waals surface area contributed by atoms with Gasteiger partial charge in [-0.3, -0.25) is 13.9 Å². The van der Waals surface area contributed by atoms with E-state index in [1.807, 2.05) is 47.9 Å². The van der Waals surface area contributed by atoms with Crippen LogP contribution >= 0.6 is 0 Å². The standard InChI is InChI=1S/C27H27N5O3/c1-4-15-35-27(34)18-9-11-19(12-10-18)32-24-22(26(33)31(16-28-24)14-13-17(2)3)23-25(32)30-21-8-6-5-7-20(21)29-23/h5-12,16-17H,4,13-15H2,1-3H3. The van der Waals surface area contributed by atoms with E-state index in [9.17, 15) is 9.59 Å². The zero-order chi connectivity index (χ0) is 24.5. The van der Waals surface area contributed by atoms with Crippen molar-refractivity contribution in [1.29, 1.82) is 0 Å². The van der Waals surface area contributed by atoms with Crippen LogP contribution in [-0.2, 0) is 11.3 Å². The largest absolute Gasteiger partial charge is 0.462 e. The number of para-hydroxylation sites is 2. The van der Waals surface area contributed by atoms with Crippen molar-refractivity contribution in [2.45, 2.75) is 40.2 Å². The van der Waals surface area contributed by atoms with Gasteiger partial charge in [-0.2, -0.15) is 0 Å². The third-order valence-corrected chi connectivity index (χ3v) is 5.98. The van der Waals surface area contributed by atoms with Crippen LogP contribution < -0.4 is 5.56 Å². The summed E-state index contributed by atoms with van der Waals surface area (Å²) in [5, 5.41) is 0.441. The fourth-order valence-electron chi connectivity index (χ4n) is 4.10. The van der Waals surface area contributed by atoms with Crippen molar-refractivity contribution in [2.75, 3.05) is 6.61 Å². The molecule has 35 heavy (non-hydrogen) atoms. The highest BCUT2D eigenvalue weighted by molar-refractivity contribution is 6.05. The highest BCUT2D eigenvalue weighted by atomic mass is 16.5. The Labute approximate surface area is 202 Å². The van der Waals surface area contributed by atoms with Gasteiger partial charge >= 0.3 is 5.97 Å². The summed E-state index contributed by atoms with van der Waals surface area (Å²) in [5.41, 5.74) is 4.05. The molecule has 0 aliphatic heterocycles. The van der Waals surface area contributed by atoms with Crippen molar-refractivity contribution in [2.24, 2.45) is 5.92 Å². The first-order valence-corrected chi connectivity index (χ1v) is 11.9. The third-order valence-electron chi connectivity index (χ3n) is 5.98. The Morgan fingerprint density at radius 3 is 2.40 bits per heavy atom. The van der Waals surface area contributed by atoms with E-state index in [-0.39, 0.29) is 11.5 Å². The van der Waals surface area contributed by atoms with E-state index in [0.29, 0.717) is 52.3 Å². The maximum absolute atomic E-state index is 13.6. The maximum Gasteiger partial charge on any atom is 0.338 e. The quantitative estimate of drug-likeness (QED) is 0.315. The van der Waals surface area contributed by atoms with Gasteiger partial charge in [-0.1, -0.05) is 32.9 Å². The number of fused-ring (bicyclic) bond motifs is 4. The number of hydrogen-bond donors (Lipinski definition) is 0. The number of aromatic nitrogens is 5. The molecule has 0 saturated heterocycles. The number of carbonyl (C=O) groups is 1. The van der Waals surface area contributed by atoms with E-state index in [2.05, 4.69) is 18.8 Å². The van der Waals surface area contributed by atoms with Gasteiger partial charge < -0.3 is 4.74 Å². The Balaban J connectivity index is 1.73. The van der Waals surface area contributed by atoms with E-state index in [1.165, 1.54) is 0 Å². The fraction of sp³-hybridized carbons (Fsp3) is 0.296. The third kappa shape index (κ3) is 4.16. The Morgan fingerprint density at radius 1 is 1.00 bits per heavy atom. The van der Waals surface area contributed by atoms with Crippen molar-refractivity contribution in [3.05, 3.63) is 70.8 Å². The smallest absolute Gasteiger partial charge is 0.338 e. The van der Waals surface area contributed by atoms with Gasteiger partial charge in [-0.05, 0) is 55.2 Å². The number of aryl methyl sites for hydroxylation is 1. The Kier molecular flexibility index (Phi) is 6.03. The highest BCUT2D eigenvalue weighted by Gasteiger charge is 2.21. The summed E-state index contributed by atoms with van der Waals surface area (Å²) < 4.78 is 8.72. The van der Waals surface area contributed by atoms with Gasteiger partial charge in [0.25, 0.3) is 5.56 Å². The number of rotatable bonds is 7. The van der Waals surface area contributed by atoms with Crippen molar-refractivity contribution in [1.82, 2.24) is 24.1 Å². The average Bonchev–Trinajstić information content (AvgIpc) is 3.19. The minimum Gasteiger partial charge on any atom is -0.462 e. The highest BCUT2D eigenvalue weighted by Crippen LogP contribution is 2.28. The number of benzene rings is 2. The predicted molar refractivity (Wildman–Crippen MR) is 136 cm³/mol. The van der Waals surface area contributed by atoms with Gasteiger partial charge in [0, 0.05) is 12.2 Å². The topological polar surface area (TPSA) is 91.9 Å². The van der Waals surface area contributed by atoms with Crippen LogP contribution in [0, 0.1) is 5.92 Å². The molecule has 0 radical (unpaired) electrons. The summed E-state index contributed by atoms with van der Waals surface area (Å²) in [6.45, 7) is 7.17. The van der Waals surface area contributed by atoms with E-state index >= 15 is 0 Å². The van der Waals surface area contributed by atoms with Crippen LogP contribution in [0.1, 0.15) is 44.0 Å². The molecule has 0 fully saturated rings. The van der Waals surface area contributed by atoms with Gasteiger partial charge in [0.2, 0.25) is 0 Å². The van der Waals surface area contributed by atoms with Crippen LogP contribution in [-0.4, -0.2) is 36.7 Å². The van der Waals surface area contributed by atoms with Gasteiger partial charge in [-0.25, -0.2) is 19.7 Å². The SMILES string of the molecule is CCCOC(=O)c1ccc(-n2c3nc4ccccc4nc3c3c(=O)n(CCC(C)C)cnc32)cc1. The van der Waals surface area contributed by atoms with Crippen molar-refractivity contribution in [3.8, 4) is 5.69 Å². The van der Waals surface area contributed by atoms with Crippen molar-refractivity contribution >= 4 is 39.2 Å².